The minimum atomic E-state index is -2.53. The fourth-order valence-electron chi connectivity index (χ4n) is 5.73. The van der Waals surface area contributed by atoms with E-state index in [4.69, 9.17) is 19.4 Å². The van der Waals surface area contributed by atoms with E-state index >= 15 is 0 Å². The minimum absolute atomic E-state index is 0.0627. The van der Waals surface area contributed by atoms with Crippen molar-refractivity contribution in [3.63, 3.8) is 0 Å². The third-order valence-electron chi connectivity index (χ3n) is 8.33. The van der Waals surface area contributed by atoms with E-state index in [-0.39, 0.29) is 30.4 Å². The smallest absolute Gasteiger partial charge is 0.335 e. The highest BCUT2D eigenvalue weighted by atomic mass is 19.3. The molecule has 0 amide bonds. The Morgan fingerprint density at radius 3 is 2.55 bits per heavy atom. The van der Waals surface area contributed by atoms with Gasteiger partial charge < -0.3 is 24.0 Å². The Labute approximate surface area is 231 Å². The lowest BCUT2D eigenvalue weighted by atomic mass is 9.87. The van der Waals surface area contributed by atoms with Crippen LogP contribution < -0.4 is 9.64 Å². The van der Waals surface area contributed by atoms with E-state index < -0.39 is 11.9 Å². The Morgan fingerprint density at radius 2 is 1.85 bits per heavy atom. The summed E-state index contributed by atoms with van der Waals surface area (Å²) in [7, 11) is 0. The molecule has 4 heterocycles. The molecule has 0 radical (unpaired) electrons. The van der Waals surface area contributed by atoms with Crippen LogP contribution in [-0.4, -0.2) is 81.9 Å². The molecule has 1 aliphatic carbocycles. The summed E-state index contributed by atoms with van der Waals surface area (Å²) in [6.07, 6.45) is 1.96. The van der Waals surface area contributed by atoms with Crippen LogP contribution in [0.3, 0.4) is 0 Å². The van der Waals surface area contributed by atoms with Gasteiger partial charge in [-0.05, 0) is 49.4 Å². The summed E-state index contributed by atoms with van der Waals surface area (Å²) >= 11 is 0. The van der Waals surface area contributed by atoms with Crippen molar-refractivity contribution in [2.45, 2.75) is 57.2 Å². The lowest BCUT2D eigenvalue weighted by Crippen LogP contribution is -2.46. The van der Waals surface area contributed by atoms with Crippen molar-refractivity contribution >= 4 is 22.8 Å². The van der Waals surface area contributed by atoms with Crippen LogP contribution in [0.4, 0.5) is 14.6 Å². The number of nitrogens with zero attached hydrogens (tertiary/aromatic N) is 5. The number of aromatic nitrogens is 3. The number of hydrogen-bond acceptors (Lipinski definition) is 7. The van der Waals surface area contributed by atoms with Gasteiger partial charge in [0.2, 0.25) is 11.8 Å². The van der Waals surface area contributed by atoms with E-state index in [1.54, 1.807) is 18.2 Å². The topological polar surface area (TPSA) is 93.0 Å². The van der Waals surface area contributed by atoms with Crippen LogP contribution in [0.1, 0.15) is 48.3 Å². The van der Waals surface area contributed by atoms with Crippen molar-refractivity contribution in [2.24, 2.45) is 5.92 Å². The summed E-state index contributed by atoms with van der Waals surface area (Å²) in [4.78, 5) is 25.7. The van der Waals surface area contributed by atoms with Gasteiger partial charge >= 0.3 is 5.97 Å². The summed E-state index contributed by atoms with van der Waals surface area (Å²) in [5.74, 6) is -1.04. The molecular formula is C29H35F2N5O4. The lowest BCUT2D eigenvalue weighted by Gasteiger charge is -2.35. The molecule has 9 nitrogen and oxygen atoms in total. The SMILES string of the molecule is O=C(O)c1ccc2nc(CN3CCN(c4cccc(OCC5CCC(F)(F)CC5)n4)CC3)n(CC3CCO3)c2c1. The molecule has 3 fully saturated rings. The number of imidazole rings is 1. The Morgan fingerprint density at radius 1 is 1.07 bits per heavy atom. The van der Waals surface area contributed by atoms with Crippen molar-refractivity contribution in [1.82, 2.24) is 19.4 Å². The van der Waals surface area contributed by atoms with Crippen molar-refractivity contribution < 1.29 is 28.2 Å². The highest BCUT2D eigenvalue weighted by Crippen LogP contribution is 2.36. The molecule has 40 heavy (non-hydrogen) atoms. The van der Waals surface area contributed by atoms with Gasteiger partial charge in [-0.3, -0.25) is 4.90 Å². The number of halogens is 2. The van der Waals surface area contributed by atoms with E-state index in [0.717, 1.165) is 61.9 Å². The Bertz CT molecular complexity index is 1340. The molecular weight excluding hydrogens is 520 g/mol. The van der Waals surface area contributed by atoms with E-state index in [9.17, 15) is 18.7 Å². The summed E-state index contributed by atoms with van der Waals surface area (Å²) in [5.41, 5.74) is 1.87. The van der Waals surface area contributed by atoms with Gasteiger partial charge in [-0.1, -0.05) is 6.07 Å². The second-order valence-electron chi connectivity index (χ2n) is 11.1. The number of aromatic carboxylic acids is 1. The molecule has 1 unspecified atom stereocenters. The zero-order chi connectivity index (χ0) is 27.7. The van der Waals surface area contributed by atoms with Crippen molar-refractivity contribution in [3.05, 3.63) is 47.8 Å². The maximum atomic E-state index is 13.4. The number of carbonyl (C=O) groups is 1. The van der Waals surface area contributed by atoms with E-state index in [2.05, 4.69) is 14.4 Å². The second-order valence-corrected chi connectivity index (χ2v) is 11.1. The summed E-state index contributed by atoms with van der Waals surface area (Å²) in [6, 6.07) is 10.8. The van der Waals surface area contributed by atoms with E-state index in [1.807, 2.05) is 18.2 Å². The number of carboxylic acids is 1. The first-order valence-electron chi connectivity index (χ1n) is 14.1. The highest BCUT2D eigenvalue weighted by Gasteiger charge is 2.35. The fraction of sp³-hybridized carbons (Fsp3) is 0.552. The number of hydrogen-bond donors (Lipinski definition) is 1. The van der Waals surface area contributed by atoms with Crippen LogP contribution >= 0.6 is 0 Å². The molecule has 3 aromatic rings. The van der Waals surface area contributed by atoms with Gasteiger partial charge in [-0.15, -0.1) is 0 Å². The second kappa shape index (κ2) is 11.3. The van der Waals surface area contributed by atoms with Crippen LogP contribution in [-0.2, 0) is 17.8 Å². The van der Waals surface area contributed by atoms with Gasteiger partial charge in [0.05, 0.1) is 42.4 Å². The molecule has 6 rings (SSSR count). The van der Waals surface area contributed by atoms with E-state index in [0.29, 0.717) is 38.4 Å². The number of ether oxygens (including phenoxy) is 2. The molecule has 1 saturated carbocycles. The number of anilines is 1. The molecule has 214 valence electrons. The molecule has 2 aromatic heterocycles. The van der Waals surface area contributed by atoms with Gasteiger partial charge in [0.15, 0.2) is 0 Å². The number of alkyl halides is 2. The molecule has 1 aromatic carbocycles. The lowest BCUT2D eigenvalue weighted by molar-refractivity contribution is -0.0592. The predicted octanol–water partition coefficient (Wildman–Crippen LogP) is 4.44. The van der Waals surface area contributed by atoms with Crippen molar-refractivity contribution in [1.29, 1.82) is 0 Å². The van der Waals surface area contributed by atoms with Crippen LogP contribution in [0.25, 0.3) is 11.0 Å². The van der Waals surface area contributed by atoms with Crippen LogP contribution in [0.5, 0.6) is 5.88 Å². The average molecular weight is 556 g/mol. The zero-order valence-corrected chi connectivity index (χ0v) is 22.5. The van der Waals surface area contributed by atoms with Crippen molar-refractivity contribution in [2.75, 3.05) is 44.3 Å². The maximum Gasteiger partial charge on any atom is 0.335 e. The molecule has 1 atom stereocenters. The number of fused-ring (bicyclic) bond motifs is 1. The monoisotopic (exact) mass is 555 g/mol. The first kappa shape index (κ1) is 26.9. The molecule has 1 N–H and O–H groups in total. The Kier molecular flexibility index (Phi) is 7.59. The van der Waals surface area contributed by atoms with Gasteiger partial charge in [0, 0.05) is 51.7 Å². The van der Waals surface area contributed by atoms with Crippen LogP contribution in [0.15, 0.2) is 36.4 Å². The zero-order valence-electron chi connectivity index (χ0n) is 22.5. The number of pyridine rings is 1. The molecule has 0 bridgehead atoms. The Balaban J connectivity index is 1.07. The van der Waals surface area contributed by atoms with Crippen molar-refractivity contribution in [3.8, 4) is 5.88 Å². The van der Waals surface area contributed by atoms with Gasteiger partial charge in [-0.25, -0.2) is 18.6 Å². The maximum absolute atomic E-state index is 13.4. The molecule has 2 aliphatic heterocycles. The predicted molar refractivity (Wildman–Crippen MR) is 145 cm³/mol. The molecule has 0 spiro atoms. The quantitative estimate of drug-likeness (QED) is 0.414. The largest absolute Gasteiger partial charge is 0.478 e. The molecule has 11 heteroatoms. The minimum Gasteiger partial charge on any atom is -0.478 e. The normalized spacial score (nSPS) is 21.9. The first-order chi connectivity index (χ1) is 19.3. The molecule has 3 aliphatic rings. The molecule has 2 saturated heterocycles. The standard InChI is InChI=1S/C29H35F2N5O4/c30-29(31)9-6-20(7-10-29)19-40-27-3-1-2-25(33-27)35-13-11-34(12-14-35)18-26-32-23-5-4-21(28(37)38)16-24(23)36(26)17-22-8-15-39-22/h1-5,16,20,22H,6-15,17-19H2,(H,37,38). The van der Waals surface area contributed by atoms with Crippen LogP contribution in [0.2, 0.25) is 0 Å². The van der Waals surface area contributed by atoms with Gasteiger partial charge in [0.1, 0.15) is 11.6 Å². The summed E-state index contributed by atoms with van der Waals surface area (Å²) in [6.45, 7) is 5.74. The highest BCUT2D eigenvalue weighted by molar-refractivity contribution is 5.92. The number of carboxylic acid groups (broad SMARTS) is 1. The Hall–Kier alpha value is -3.31. The number of benzene rings is 1. The third-order valence-corrected chi connectivity index (χ3v) is 8.33. The summed E-state index contributed by atoms with van der Waals surface area (Å²) in [5, 5.41) is 9.48. The van der Waals surface area contributed by atoms with Crippen LogP contribution in [0, 0.1) is 5.92 Å². The number of rotatable bonds is 9. The first-order valence-corrected chi connectivity index (χ1v) is 14.1. The third kappa shape index (κ3) is 6.05. The van der Waals surface area contributed by atoms with E-state index in [1.165, 1.54) is 0 Å². The number of piperazine rings is 1. The van der Waals surface area contributed by atoms with Gasteiger partial charge in [0.25, 0.3) is 0 Å². The summed E-state index contributed by atoms with van der Waals surface area (Å²) < 4.78 is 40.6. The fourth-order valence-corrected chi connectivity index (χ4v) is 5.73. The van der Waals surface area contributed by atoms with Gasteiger partial charge in [-0.2, -0.15) is 4.98 Å². The average Bonchev–Trinajstić information content (AvgIpc) is 3.26.